The molecule has 2 aromatic carbocycles. The van der Waals surface area contributed by atoms with E-state index in [0.717, 1.165) is 11.3 Å². The minimum absolute atomic E-state index is 0.0389. The highest BCUT2D eigenvalue weighted by atomic mass is 35.5. The number of aromatic nitrogens is 1. The summed E-state index contributed by atoms with van der Waals surface area (Å²) in [4.78, 5) is 42.6. The van der Waals surface area contributed by atoms with Crippen LogP contribution in [0, 0.1) is 10.1 Å². The molecule has 0 amide bonds. The number of fused-ring (bicyclic) bond motifs is 1. The molecule has 0 fully saturated rings. The van der Waals surface area contributed by atoms with E-state index in [1.807, 2.05) is 0 Å². The van der Waals surface area contributed by atoms with Crippen LogP contribution in [0.4, 0.5) is 5.69 Å². The molecular formula is C28H22ClN3O7S. The maximum atomic E-state index is 13.8. The topological polar surface area (TPSA) is 126 Å². The molecular weight excluding hydrogens is 558 g/mol. The third-order valence-corrected chi connectivity index (χ3v) is 7.53. The lowest BCUT2D eigenvalue weighted by Gasteiger charge is -2.25. The number of allylic oxidation sites excluding steroid dienone is 1. The fourth-order valence-corrected chi connectivity index (χ4v) is 5.62. The molecule has 0 spiro atoms. The number of non-ortho nitro benzene ring substituents is 1. The van der Waals surface area contributed by atoms with E-state index in [2.05, 4.69) is 4.99 Å². The summed E-state index contributed by atoms with van der Waals surface area (Å²) >= 11 is 7.69. The molecule has 1 unspecified atom stereocenters. The van der Waals surface area contributed by atoms with Crippen LogP contribution in [0.3, 0.4) is 0 Å². The average molecular weight is 580 g/mol. The zero-order valence-corrected chi connectivity index (χ0v) is 22.9. The van der Waals surface area contributed by atoms with Crippen molar-refractivity contribution in [3.05, 3.63) is 118 Å². The average Bonchev–Trinajstić information content (AvgIpc) is 3.53. The molecule has 5 rings (SSSR count). The number of carbonyl (C=O) groups excluding carboxylic acids is 1. The fraction of sp³-hybridized carbons (Fsp3) is 0.179. The van der Waals surface area contributed by atoms with Crippen molar-refractivity contribution in [1.82, 2.24) is 4.57 Å². The van der Waals surface area contributed by atoms with Crippen molar-refractivity contribution in [2.75, 3.05) is 20.3 Å². The molecule has 0 saturated heterocycles. The molecule has 0 radical (unpaired) electrons. The van der Waals surface area contributed by atoms with Crippen LogP contribution in [0.15, 0.2) is 86.1 Å². The molecule has 2 aromatic heterocycles. The second kappa shape index (κ2) is 11.4. The monoisotopic (exact) mass is 579 g/mol. The van der Waals surface area contributed by atoms with E-state index < -0.39 is 22.5 Å². The van der Waals surface area contributed by atoms with E-state index in [9.17, 15) is 19.7 Å². The van der Waals surface area contributed by atoms with Crippen molar-refractivity contribution >= 4 is 40.7 Å². The number of furan rings is 1. The summed E-state index contributed by atoms with van der Waals surface area (Å²) in [6, 6.07) is 15.5. The second-order valence-corrected chi connectivity index (χ2v) is 10.2. The summed E-state index contributed by atoms with van der Waals surface area (Å²) in [5.74, 6) is 0.162. The molecule has 0 N–H and O–H groups in total. The van der Waals surface area contributed by atoms with Gasteiger partial charge in [0.05, 0.1) is 27.3 Å². The first-order valence-electron chi connectivity index (χ1n) is 12.1. The number of rotatable bonds is 8. The van der Waals surface area contributed by atoms with Crippen LogP contribution >= 0.6 is 22.9 Å². The van der Waals surface area contributed by atoms with Crippen LogP contribution in [0.1, 0.15) is 24.3 Å². The molecule has 10 nitrogen and oxygen atoms in total. The van der Waals surface area contributed by atoms with Gasteiger partial charge < -0.3 is 13.9 Å². The third kappa shape index (κ3) is 5.26. The molecule has 12 heteroatoms. The Morgan fingerprint density at radius 3 is 2.75 bits per heavy atom. The van der Waals surface area contributed by atoms with Crippen LogP contribution < -0.4 is 14.9 Å². The van der Waals surface area contributed by atoms with Crippen LogP contribution in [-0.2, 0) is 14.3 Å². The first kappa shape index (κ1) is 27.3. The number of nitrogens with zero attached hydrogens (tertiary/aromatic N) is 3. The minimum Gasteiger partial charge on any atom is -0.460 e. The van der Waals surface area contributed by atoms with Gasteiger partial charge >= 0.3 is 5.97 Å². The van der Waals surface area contributed by atoms with E-state index in [4.69, 9.17) is 25.5 Å². The van der Waals surface area contributed by atoms with Gasteiger partial charge in [0.15, 0.2) is 4.80 Å². The highest BCUT2D eigenvalue weighted by Gasteiger charge is 2.34. The van der Waals surface area contributed by atoms with E-state index in [1.165, 1.54) is 23.8 Å². The van der Waals surface area contributed by atoms with Crippen LogP contribution in [0.25, 0.3) is 17.4 Å². The quantitative estimate of drug-likeness (QED) is 0.132. The molecule has 0 saturated carbocycles. The number of carbonyl (C=O) groups is 1. The second-order valence-electron chi connectivity index (χ2n) is 8.74. The number of ether oxygens (including phenoxy) is 2. The molecule has 1 aliphatic heterocycles. The summed E-state index contributed by atoms with van der Waals surface area (Å²) in [7, 11) is 1.50. The molecule has 1 aliphatic rings. The minimum atomic E-state index is -0.862. The van der Waals surface area contributed by atoms with Gasteiger partial charge in [0.25, 0.3) is 11.2 Å². The lowest BCUT2D eigenvalue weighted by atomic mass is 9.96. The van der Waals surface area contributed by atoms with Crippen LogP contribution in [0.5, 0.6) is 0 Å². The smallest absolute Gasteiger partial charge is 0.338 e. The van der Waals surface area contributed by atoms with Gasteiger partial charge in [-0.2, -0.15) is 0 Å². The fourth-order valence-electron chi connectivity index (χ4n) is 4.36. The maximum absolute atomic E-state index is 13.8. The van der Waals surface area contributed by atoms with Crippen molar-refractivity contribution in [1.29, 1.82) is 0 Å². The summed E-state index contributed by atoms with van der Waals surface area (Å²) < 4.78 is 18.0. The number of thiazole rings is 1. The van der Waals surface area contributed by atoms with Gasteiger partial charge in [-0.3, -0.25) is 19.5 Å². The van der Waals surface area contributed by atoms with Gasteiger partial charge in [-0.15, -0.1) is 0 Å². The Labute approximate surface area is 236 Å². The SMILES string of the molecule is COCCOC(=O)C1=C(C)N=c2sc(=Cc3ccc(-c4cccc([N+](=O)[O-])c4)o3)c(=O)n2C1c1ccccc1Cl. The predicted octanol–water partition coefficient (Wildman–Crippen LogP) is 4.25. The molecule has 0 bridgehead atoms. The number of nitro benzene ring substituents is 1. The molecule has 3 heterocycles. The zero-order valence-electron chi connectivity index (χ0n) is 21.3. The Bertz CT molecular complexity index is 1840. The first-order chi connectivity index (χ1) is 19.3. The molecule has 0 aliphatic carbocycles. The van der Waals surface area contributed by atoms with Crippen molar-refractivity contribution in [2.45, 2.75) is 13.0 Å². The van der Waals surface area contributed by atoms with Gasteiger partial charge in [-0.1, -0.05) is 53.3 Å². The Morgan fingerprint density at radius 2 is 2.00 bits per heavy atom. The van der Waals surface area contributed by atoms with E-state index in [-0.39, 0.29) is 24.5 Å². The van der Waals surface area contributed by atoms with Crippen molar-refractivity contribution < 1.29 is 23.6 Å². The Hall–Kier alpha value is -4.32. The highest BCUT2D eigenvalue weighted by Crippen LogP contribution is 2.34. The van der Waals surface area contributed by atoms with Gasteiger partial charge in [-0.25, -0.2) is 9.79 Å². The standard InChI is InChI=1S/C28H22ClN3O7S/c1-16-24(27(34)38-13-12-37-2)25(20-8-3-4-9-21(20)29)31-26(33)23(40-28(31)30-16)15-19-10-11-22(39-19)17-6-5-7-18(14-17)32(35)36/h3-11,14-15,25H,12-13H2,1-2H3. The predicted molar refractivity (Wildman–Crippen MR) is 149 cm³/mol. The highest BCUT2D eigenvalue weighted by molar-refractivity contribution is 7.07. The Morgan fingerprint density at radius 1 is 1.20 bits per heavy atom. The lowest BCUT2D eigenvalue weighted by molar-refractivity contribution is -0.384. The molecule has 204 valence electrons. The van der Waals surface area contributed by atoms with E-state index in [0.29, 0.717) is 42.7 Å². The van der Waals surface area contributed by atoms with Crippen molar-refractivity contribution in [3.63, 3.8) is 0 Å². The number of halogens is 1. The van der Waals surface area contributed by atoms with Gasteiger partial charge in [0.1, 0.15) is 24.2 Å². The number of hydrogen-bond donors (Lipinski definition) is 0. The molecule has 1 atom stereocenters. The van der Waals surface area contributed by atoms with Gasteiger partial charge in [0.2, 0.25) is 0 Å². The number of esters is 1. The number of methoxy groups -OCH3 is 1. The van der Waals surface area contributed by atoms with Crippen LogP contribution in [-0.4, -0.2) is 35.8 Å². The van der Waals surface area contributed by atoms with Gasteiger partial charge in [-0.05, 0) is 30.7 Å². The number of benzene rings is 2. The van der Waals surface area contributed by atoms with E-state index in [1.54, 1.807) is 61.5 Å². The van der Waals surface area contributed by atoms with Crippen molar-refractivity contribution in [2.24, 2.45) is 4.99 Å². The first-order valence-corrected chi connectivity index (χ1v) is 13.3. The Balaban J connectivity index is 1.60. The lowest BCUT2D eigenvalue weighted by Crippen LogP contribution is -2.40. The van der Waals surface area contributed by atoms with Crippen molar-refractivity contribution in [3.8, 4) is 11.3 Å². The van der Waals surface area contributed by atoms with Crippen LogP contribution in [0.2, 0.25) is 5.02 Å². The summed E-state index contributed by atoms with van der Waals surface area (Å²) in [5.41, 5.74) is 1.24. The normalized spacial score (nSPS) is 15.1. The van der Waals surface area contributed by atoms with E-state index >= 15 is 0 Å². The molecule has 40 heavy (non-hydrogen) atoms. The summed E-state index contributed by atoms with van der Waals surface area (Å²) in [6.07, 6.45) is 1.57. The summed E-state index contributed by atoms with van der Waals surface area (Å²) in [6.45, 7) is 1.94. The third-order valence-electron chi connectivity index (χ3n) is 6.20. The number of nitro groups is 1. The number of hydrogen-bond acceptors (Lipinski definition) is 9. The zero-order chi connectivity index (χ0) is 28.4. The molecule has 4 aromatic rings. The van der Waals surface area contributed by atoms with Gasteiger partial charge in [0, 0.05) is 35.9 Å². The Kier molecular flexibility index (Phi) is 7.78. The maximum Gasteiger partial charge on any atom is 0.338 e. The summed E-state index contributed by atoms with van der Waals surface area (Å²) in [5, 5.41) is 11.5. The largest absolute Gasteiger partial charge is 0.460 e.